The van der Waals surface area contributed by atoms with Gasteiger partial charge in [-0.05, 0) is 38.8 Å². The van der Waals surface area contributed by atoms with Gasteiger partial charge in [0.25, 0.3) is 0 Å². The number of anilines is 1. The number of hydrogen-bond acceptors (Lipinski definition) is 4. The maximum absolute atomic E-state index is 12.1. The number of amides is 1. The van der Waals surface area contributed by atoms with Crippen molar-refractivity contribution in [1.82, 2.24) is 0 Å². The largest absolute Gasteiger partial charge is 0.481 e. The van der Waals surface area contributed by atoms with Crippen molar-refractivity contribution in [1.29, 1.82) is 0 Å². The number of carbonyl (C=O) groups excluding carboxylic acids is 2. The Morgan fingerprint density at radius 1 is 1.32 bits per heavy atom. The molecule has 0 saturated carbocycles. The van der Waals surface area contributed by atoms with Crippen molar-refractivity contribution < 1.29 is 24.2 Å². The van der Waals surface area contributed by atoms with E-state index in [-0.39, 0.29) is 12.3 Å². The summed E-state index contributed by atoms with van der Waals surface area (Å²) in [5.74, 6) is -4.44. The van der Waals surface area contributed by atoms with Crippen molar-refractivity contribution in [3.05, 3.63) is 29.8 Å². The molecule has 1 amide bonds. The van der Waals surface area contributed by atoms with Gasteiger partial charge < -0.3 is 15.2 Å². The van der Waals surface area contributed by atoms with E-state index in [4.69, 9.17) is 4.74 Å². The molecule has 0 aliphatic carbocycles. The molecule has 0 radical (unpaired) electrons. The molecule has 0 spiro atoms. The Balaban J connectivity index is 2.20. The number of nitrogens with one attached hydrogen (secondary N) is 1. The van der Waals surface area contributed by atoms with Crippen molar-refractivity contribution in [3.63, 3.8) is 0 Å². The van der Waals surface area contributed by atoms with Gasteiger partial charge in [-0.2, -0.15) is 0 Å². The Morgan fingerprint density at radius 2 is 1.95 bits per heavy atom. The summed E-state index contributed by atoms with van der Waals surface area (Å²) in [5, 5.41) is 12.0. The number of fused-ring (bicyclic) bond motifs is 1. The lowest BCUT2D eigenvalue weighted by Crippen LogP contribution is -2.34. The maximum Gasteiger partial charge on any atom is 0.320 e. The van der Waals surface area contributed by atoms with Gasteiger partial charge in [-0.1, -0.05) is 18.2 Å². The van der Waals surface area contributed by atoms with Crippen LogP contribution >= 0.6 is 0 Å². The Bertz CT molecular complexity index is 617. The van der Waals surface area contributed by atoms with E-state index in [1.807, 2.05) is 0 Å². The molecule has 1 aromatic rings. The summed E-state index contributed by atoms with van der Waals surface area (Å²) in [4.78, 5) is 35.5. The topological polar surface area (TPSA) is 92.7 Å². The molecule has 0 fully saturated rings. The zero-order chi connectivity index (χ0) is 16.5. The van der Waals surface area contributed by atoms with E-state index in [9.17, 15) is 19.5 Å². The van der Waals surface area contributed by atoms with Crippen LogP contribution in [-0.4, -0.2) is 28.6 Å². The normalized spacial score (nSPS) is 18.3. The quantitative estimate of drug-likeness (QED) is 0.657. The molecule has 2 unspecified atom stereocenters. The molecule has 1 aliphatic rings. The van der Waals surface area contributed by atoms with Gasteiger partial charge in [-0.25, -0.2) is 0 Å². The number of ether oxygens (including phenoxy) is 1. The van der Waals surface area contributed by atoms with Gasteiger partial charge in [0.1, 0.15) is 5.60 Å². The molecule has 1 aliphatic heterocycles. The van der Waals surface area contributed by atoms with E-state index in [0.29, 0.717) is 11.3 Å². The van der Waals surface area contributed by atoms with E-state index in [1.165, 1.54) is 0 Å². The van der Waals surface area contributed by atoms with Crippen LogP contribution in [0.3, 0.4) is 0 Å². The highest BCUT2D eigenvalue weighted by molar-refractivity contribution is 6.04. The molecule has 1 heterocycles. The first-order valence-electron chi connectivity index (χ1n) is 7.04. The van der Waals surface area contributed by atoms with Crippen molar-refractivity contribution in [2.24, 2.45) is 5.92 Å². The smallest absolute Gasteiger partial charge is 0.320 e. The minimum Gasteiger partial charge on any atom is -0.481 e. The zero-order valence-electron chi connectivity index (χ0n) is 12.8. The van der Waals surface area contributed by atoms with Crippen LogP contribution < -0.4 is 5.32 Å². The van der Waals surface area contributed by atoms with Gasteiger partial charge >= 0.3 is 11.9 Å². The summed E-state index contributed by atoms with van der Waals surface area (Å²) in [6.45, 7) is 5.00. The molecule has 22 heavy (non-hydrogen) atoms. The summed E-state index contributed by atoms with van der Waals surface area (Å²) < 4.78 is 5.14. The third-order valence-electron chi connectivity index (χ3n) is 3.37. The molecule has 6 nitrogen and oxygen atoms in total. The lowest BCUT2D eigenvalue weighted by atomic mass is 9.89. The summed E-state index contributed by atoms with van der Waals surface area (Å²) in [6.07, 6.45) is -0.118. The molecule has 0 saturated heterocycles. The van der Waals surface area contributed by atoms with Gasteiger partial charge in [0, 0.05) is 5.69 Å². The third kappa shape index (κ3) is 3.44. The molecular formula is C16H19NO5. The minimum atomic E-state index is -1.37. The number of esters is 1. The minimum absolute atomic E-state index is 0.118. The predicted octanol–water partition coefficient (Wildman–Crippen LogP) is 2.15. The molecule has 118 valence electrons. The number of para-hydroxylation sites is 1. The summed E-state index contributed by atoms with van der Waals surface area (Å²) in [5.41, 5.74) is 0.591. The number of carboxylic acids is 1. The predicted molar refractivity (Wildman–Crippen MR) is 79.4 cm³/mol. The van der Waals surface area contributed by atoms with Crippen LogP contribution in [0.2, 0.25) is 0 Å². The monoisotopic (exact) mass is 305 g/mol. The van der Waals surface area contributed by atoms with Gasteiger partial charge in [-0.3, -0.25) is 14.4 Å². The van der Waals surface area contributed by atoms with Gasteiger partial charge in [0.15, 0.2) is 5.92 Å². The SMILES string of the molecule is CC(C)(C)OC(=O)C(CC1C(=O)Nc2ccccc21)C(=O)O. The fourth-order valence-electron chi connectivity index (χ4n) is 2.42. The fraction of sp³-hybridized carbons (Fsp3) is 0.438. The van der Waals surface area contributed by atoms with Crippen molar-refractivity contribution in [2.45, 2.75) is 38.7 Å². The summed E-state index contributed by atoms with van der Waals surface area (Å²) in [6, 6.07) is 7.06. The highest BCUT2D eigenvalue weighted by atomic mass is 16.6. The maximum atomic E-state index is 12.1. The molecule has 6 heteroatoms. The Hall–Kier alpha value is -2.37. The molecule has 2 atom stereocenters. The van der Waals surface area contributed by atoms with Crippen LogP contribution in [0.25, 0.3) is 0 Å². The Labute approximate surface area is 128 Å². The standard InChI is InChI=1S/C16H19NO5/c1-16(2,3)22-15(21)11(14(19)20)8-10-9-6-4-5-7-12(9)17-13(10)18/h4-7,10-11H,8H2,1-3H3,(H,17,18)(H,19,20). The summed E-state index contributed by atoms with van der Waals surface area (Å²) >= 11 is 0. The molecule has 1 aromatic carbocycles. The zero-order valence-corrected chi connectivity index (χ0v) is 12.8. The number of benzene rings is 1. The van der Waals surface area contributed by atoms with Crippen molar-refractivity contribution in [3.8, 4) is 0 Å². The van der Waals surface area contributed by atoms with Crippen LogP contribution in [0.15, 0.2) is 24.3 Å². The first-order chi connectivity index (χ1) is 10.2. The van der Waals surface area contributed by atoms with Crippen LogP contribution in [0.5, 0.6) is 0 Å². The van der Waals surface area contributed by atoms with Crippen LogP contribution in [0.4, 0.5) is 5.69 Å². The second-order valence-electron chi connectivity index (χ2n) is 6.29. The fourth-order valence-corrected chi connectivity index (χ4v) is 2.42. The Morgan fingerprint density at radius 3 is 2.55 bits per heavy atom. The number of carboxylic acid groups (broad SMARTS) is 1. The second-order valence-corrected chi connectivity index (χ2v) is 6.29. The number of carbonyl (C=O) groups is 3. The van der Waals surface area contributed by atoms with E-state index in [1.54, 1.807) is 45.0 Å². The van der Waals surface area contributed by atoms with Crippen molar-refractivity contribution >= 4 is 23.5 Å². The lowest BCUT2D eigenvalue weighted by molar-refractivity contribution is -0.167. The average molecular weight is 305 g/mol. The average Bonchev–Trinajstić information content (AvgIpc) is 2.69. The van der Waals surface area contributed by atoms with E-state index in [2.05, 4.69) is 5.32 Å². The second kappa shape index (κ2) is 5.79. The third-order valence-corrected chi connectivity index (χ3v) is 3.37. The molecule has 0 bridgehead atoms. The van der Waals surface area contributed by atoms with Crippen molar-refractivity contribution in [2.75, 3.05) is 5.32 Å². The number of aliphatic carboxylic acids is 1. The van der Waals surface area contributed by atoms with Gasteiger partial charge in [-0.15, -0.1) is 0 Å². The molecule has 2 rings (SSSR count). The van der Waals surface area contributed by atoms with Crippen LogP contribution in [-0.2, 0) is 19.1 Å². The van der Waals surface area contributed by atoms with E-state index in [0.717, 1.165) is 0 Å². The molecule has 0 aromatic heterocycles. The highest BCUT2D eigenvalue weighted by Gasteiger charge is 2.39. The van der Waals surface area contributed by atoms with Gasteiger partial charge in [0.05, 0.1) is 5.92 Å². The highest BCUT2D eigenvalue weighted by Crippen LogP contribution is 2.36. The van der Waals surface area contributed by atoms with E-state index >= 15 is 0 Å². The van der Waals surface area contributed by atoms with Gasteiger partial charge in [0.2, 0.25) is 5.91 Å². The van der Waals surface area contributed by atoms with Crippen LogP contribution in [0, 0.1) is 5.92 Å². The molecule has 2 N–H and O–H groups in total. The Kier molecular flexibility index (Phi) is 4.21. The number of hydrogen-bond donors (Lipinski definition) is 2. The first-order valence-corrected chi connectivity index (χ1v) is 7.04. The summed E-state index contributed by atoms with van der Waals surface area (Å²) in [7, 11) is 0. The molecular weight excluding hydrogens is 286 g/mol. The lowest BCUT2D eigenvalue weighted by Gasteiger charge is -2.23. The first kappa shape index (κ1) is 16.0. The number of rotatable bonds is 4. The van der Waals surface area contributed by atoms with E-state index < -0.39 is 29.4 Å². The van der Waals surface area contributed by atoms with Crippen LogP contribution in [0.1, 0.15) is 38.7 Å².